The molecule has 0 aliphatic carbocycles. The molecule has 1 atom stereocenters. The van der Waals surface area contributed by atoms with Crippen molar-refractivity contribution in [1.82, 2.24) is 9.21 Å². The summed E-state index contributed by atoms with van der Waals surface area (Å²) in [5.74, 6) is -0.750. The Kier molecular flexibility index (Phi) is 9.99. The van der Waals surface area contributed by atoms with E-state index in [-0.39, 0.29) is 38.2 Å². The minimum absolute atomic E-state index is 0.117. The number of guanidine groups is 1. The molecule has 1 aromatic rings. The van der Waals surface area contributed by atoms with Gasteiger partial charge in [-0.3, -0.25) is 10.1 Å². The number of benzene rings is 1. The Labute approximate surface area is 217 Å². The van der Waals surface area contributed by atoms with Crippen LogP contribution in [-0.4, -0.2) is 91.8 Å². The number of carbonyl (C=O) groups is 1. The van der Waals surface area contributed by atoms with Crippen molar-refractivity contribution in [3.05, 3.63) is 39.4 Å². The molecular formula is C23H36N4O9S. The molecule has 1 aliphatic heterocycles. The molecule has 1 aliphatic rings. The van der Waals surface area contributed by atoms with Crippen LogP contribution in [0.25, 0.3) is 0 Å². The first-order valence-electron chi connectivity index (χ1n) is 11.7. The summed E-state index contributed by atoms with van der Waals surface area (Å²) in [5.41, 5.74) is -1.71. The van der Waals surface area contributed by atoms with Crippen molar-refractivity contribution < 1.29 is 37.5 Å². The maximum Gasteiger partial charge on any atom is 0.419 e. The van der Waals surface area contributed by atoms with Crippen LogP contribution in [0.2, 0.25) is 0 Å². The summed E-state index contributed by atoms with van der Waals surface area (Å²) in [4.78, 5) is 29.7. The van der Waals surface area contributed by atoms with Gasteiger partial charge in [-0.15, -0.1) is 0 Å². The molecule has 2 rings (SSSR count). The first kappa shape index (κ1) is 30.4. The van der Waals surface area contributed by atoms with E-state index in [0.29, 0.717) is 24.0 Å². The number of non-ortho nitro benzene ring substituents is 1. The second-order valence-corrected chi connectivity index (χ2v) is 11.8. The Hall–Kier alpha value is -2.81. The van der Waals surface area contributed by atoms with Crippen LogP contribution in [0.3, 0.4) is 0 Å². The number of hydrogen-bond donors (Lipinski definition) is 1. The number of hydrogen-bond acceptors (Lipinski definition) is 10. The summed E-state index contributed by atoms with van der Waals surface area (Å²) in [6.45, 7) is 6.40. The lowest BCUT2D eigenvalue weighted by Crippen LogP contribution is -2.56. The van der Waals surface area contributed by atoms with E-state index in [4.69, 9.17) is 14.2 Å². The summed E-state index contributed by atoms with van der Waals surface area (Å²) in [5, 5.41) is 20.8. The number of carbonyl (C=O) groups excluding carboxylic acids is 1. The molecule has 0 saturated carbocycles. The van der Waals surface area contributed by atoms with Crippen LogP contribution in [0.15, 0.2) is 23.2 Å². The normalized spacial score (nSPS) is 19.3. The standard InChI is InChI=1S/C23H36N4O9S/c1-22(2,3)36-21(29)26(16-35-13-12-34-6)20-24-23(4,15-37(32,33)25(20)5)19-14-18(27(30)31)10-9-17(19)8-7-11-28/h9-10,14,28H,7-8,11-13,15-16H2,1-6H3/t23-/m0/s1. The molecule has 1 N–H and O–H groups in total. The molecule has 1 amide bonds. The molecule has 14 heteroatoms. The van der Waals surface area contributed by atoms with Gasteiger partial charge in [0.2, 0.25) is 16.0 Å². The minimum atomic E-state index is -4.04. The summed E-state index contributed by atoms with van der Waals surface area (Å²) in [7, 11) is -1.29. The van der Waals surface area contributed by atoms with Gasteiger partial charge in [-0.1, -0.05) is 6.07 Å². The number of ether oxygens (including phenoxy) is 3. The van der Waals surface area contributed by atoms with Gasteiger partial charge >= 0.3 is 6.09 Å². The van der Waals surface area contributed by atoms with E-state index in [1.807, 2.05) is 0 Å². The molecule has 0 fully saturated rings. The van der Waals surface area contributed by atoms with E-state index < -0.39 is 37.9 Å². The van der Waals surface area contributed by atoms with Gasteiger partial charge in [0.1, 0.15) is 17.9 Å². The molecule has 208 valence electrons. The van der Waals surface area contributed by atoms with Crippen LogP contribution in [0.1, 0.15) is 45.2 Å². The number of amides is 1. The van der Waals surface area contributed by atoms with E-state index in [9.17, 15) is 28.4 Å². The number of aliphatic hydroxyl groups is 1. The van der Waals surface area contributed by atoms with Gasteiger partial charge in [-0.2, -0.15) is 0 Å². The summed E-state index contributed by atoms with van der Waals surface area (Å²) in [6, 6.07) is 4.15. The number of nitro groups is 1. The van der Waals surface area contributed by atoms with Crippen LogP contribution < -0.4 is 0 Å². The van der Waals surface area contributed by atoms with E-state index in [1.54, 1.807) is 20.8 Å². The van der Waals surface area contributed by atoms with Gasteiger partial charge < -0.3 is 19.3 Å². The molecule has 0 radical (unpaired) electrons. The predicted octanol–water partition coefficient (Wildman–Crippen LogP) is 2.22. The third-order valence-electron chi connectivity index (χ3n) is 5.51. The number of nitro benzene ring substituents is 1. The first-order valence-corrected chi connectivity index (χ1v) is 13.3. The van der Waals surface area contributed by atoms with E-state index in [1.165, 1.54) is 39.3 Å². The SMILES string of the molecule is COCCOCN(C(=O)OC(C)(C)C)C1=N[C@](C)(c2cc([N+](=O)[O-])ccc2CCCO)CS(=O)(=O)N1C. The maximum absolute atomic E-state index is 13.3. The van der Waals surface area contributed by atoms with E-state index >= 15 is 0 Å². The first-order chi connectivity index (χ1) is 17.1. The summed E-state index contributed by atoms with van der Waals surface area (Å²) >= 11 is 0. The van der Waals surface area contributed by atoms with Crippen molar-refractivity contribution in [1.29, 1.82) is 0 Å². The highest BCUT2D eigenvalue weighted by Gasteiger charge is 2.45. The van der Waals surface area contributed by atoms with Crippen molar-refractivity contribution >= 4 is 27.8 Å². The Morgan fingerprint density at radius 1 is 1.32 bits per heavy atom. The quantitative estimate of drug-likeness (QED) is 0.201. The molecule has 37 heavy (non-hydrogen) atoms. The zero-order valence-electron chi connectivity index (χ0n) is 22.1. The van der Waals surface area contributed by atoms with Gasteiger partial charge in [0.15, 0.2) is 0 Å². The second kappa shape index (κ2) is 12.2. The Bertz CT molecular complexity index is 1120. The third-order valence-corrected chi connectivity index (χ3v) is 7.43. The minimum Gasteiger partial charge on any atom is -0.443 e. The summed E-state index contributed by atoms with van der Waals surface area (Å²) in [6.07, 6.45) is -0.174. The monoisotopic (exact) mass is 544 g/mol. The van der Waals surface area contributed by atoms with Crippen LogP contribution in [0, 0.1) is 10.1 Å². The highest BCUT2D eigenvalue weighted by molar-refractivity contribution is 7.89. The van der Waals surface area contributed by atoms with E-state index in [0.717, 1.165) is 9.21 Å². The van der Waals surface area contributed by atoms with Crippen molar-refractivity contribution in [2.75, 3.05) is 46.5 Å². The molecule has 0 unspecified atom stereocenters. The Balaban J connectivity index is 2.70. The molecule has 0 bridgehead atoms. The molecular weight excluding hydrogens is 508 g/mol. The molecule has 0 spiro atoms. The number of methoxy groups -OCH3 is 1. The average Bonchev–Trinajstić information content (AvgIpc) is 2.78. The zero-order chi connectivity index (χ0) is 28.0. The fraction of sp³-hybridized carbons (Fsp3) is 0.652. The lowest BCUT2D eigenvalue weighted by atomic mass is 9.88. The number of rotatable bonds is 10. The van der Waals surface area contributed by atoms with Crippen LogP contribution in [0.4, 0.5) is 10.5 Å². The lowest BCUT2D eigenvalue weighted by molar-refractivity contribution is -0.385. The van der Waals surface area contributed by atoms with Gasteiger partial charge in [-0.05, 0) is 51.7 Å². The molecule has 0 aromatic heterocycles. The fourth-order valence-electron chi connectivity index (χ4n) is 3.74. The van der Waals surface area contributed by atoms with Gasteiger partial charge in [-0.25, -0.2) is 27.4 Å². The number of sulfonamides is 1. The zero-order valence-corrected chi connectivity index (χ0v) is 22.9. The van der Waals surface area contributed by atoms with Gasteiger partial charge in [0, 0.05) is 32.9 Å². The number of nitrogens with zero attached hydrogens (tertiary/aromatic N) is 4. The molecule has 0 saturated heterocycles. The van der Waals surface area contributed by atoms with Crippen molar-refractivity contribution in [3.8, 4) is 0 Å². The Morgan fingerprint density at radius 2 is 2.00 bits per heavy atom. The van der Waals surface area contributed by atoms with Crippen LogP contribution >= 0.6 is 0 Å². The highest BCUT2D eigenvalue weighted by atomic mass is 32.2. The highest BCUT2D eigenvalue weighted by Crippen LogP contribution is 2.37. The molecule has 1 heterocycles. The topological polar surface area (TPSA) is 161 Å². The van der Waals surface area contributed by atoms with Crippen LogP contribution in [-0.2, 0) is 36.2 Å². The predicted molar refractivity (Wildman–Crippen MR) is 136 cm³/mol. The van der Waals surface area contributed by atoms with E-state index in [2.05, 4.69) is 4.99 Å². The van der Waals surface area contributed by atoms with Crippen molar-refractivity contribution in [2.24, 2.45) is 4.99 Å². The second-order valence-electron chi connectivity index (χ2n) is 9.77. The lowest BCUT2D eigenvalue weighted by Gasteiger charge is -2.40. The fourth-order valence-corrected chi connectivity index (χ4v) is 5.25. The van der Waals surface area contributed by atoms with Crippen molar-refractivity contribution in [2.45, 2.75) is 51.7 Å². The molecule has 13 nitrogen and oxygen atoms in total. The molecule has 1 aromatic carbocycles. The smallest absolute Gasteiger partial charge is 0.419 e. The third kappa shape index (κ3) is 7.84. The van der Waals surface area contributed by atoms with Crippen molar-refractivity contribution in [3.63, 3.8) is 0 Å². The number of aliphatic imine (C=N–C) groups is 1. The average molecular weight is 545 g/mol. The number of aliphatic hydroxyl groups excluding tert-OH is 1. The van der Waals surface area contributed by atoms with Gasteiger partial charge in [0.05, 0.1) is 23.9 Å². The number of aryl methyl sites for hydroxylation is 1. The maximum atomic E-state index is 13.3. The Morgan fingerprint density at radius 3 is 2.57 bits per heavy atom. The van der Waals surface area contributed by atoms with Crippen LogP contribution in [0.5, 0.6) is 0 Å². The summed E-state index contributed by atoms with van der Waals surface area (Å²) < 4.78 is 43.5. The van der Waals surface area contributed by atoms with Gasteiger partial charge in [0.25, 0.3) is 5.69 Å². The largest absolute Gasteiger partial charge is 0.443 e.